The van der Waals surface area contributed by atoms with Crippen LogP contribution in [-0.2, 0) is 0 Å². The van der Waals surface area contributed by atoms with Crippen LogP contribution in [0.4, 0.5) is 5.82 Å². The van der Waals surface area contributed by atoms with Crippen molar-refractivity contribution in [1.82, 2.24) is 4.98 Å². The van der Waals surface area contributed by atoms with Gasteiger partial charge in [-0.1, -0.05) is 6.07 Å². The largest absolute Gasteiger partial charge is 0.389 e. The van der Waals surface area contributed by atoms with E-state index in [2.05, 4.69) is 10.3 Å². The molecule has 0 spiro atoms. The van der Waals surface area contributed by atoms with Gasteiger partial charge in [-0.05, 0) is 31.4 Å². The van der Waals surface area contributed by atoms with E-state index in [1.54, 1.807) is 13.1 Å². The highest BCUT2D eigenvalue weighted by molar-refractivity contribution is 5.38. The highest BCUT2D eigenvalue weighted by Gasteiger charge is 2.20. The maximum atomic E-state index is 9.25. The maximum absolute atomic E-state index is 9.25. The van der Waals surface area contributed by atoms with E-state index in [0.717, 1.165) is 11.4 Å². The Hall–Kier alpha value is -1.09. The van der Waals surface area contributed by atoms with Crippen molar-refractivity contribution in [3.63, 3.8) is 0 Å². The Balaban J connectivity index is 2.04. The van der Waals surface area contributed by atoms with Crippen molar-refractivity contribution in [2.45, 2.75) is 31.9 Å². The van der Waals surface area contributed by atoms with Gasteiger partial charge in [-0.15, -0.1) is 0 Å². The Kier molecular flexibility index (Phi) is 2.19. The van der Waals surface area contributed by atoms with Crippen molar-refractivity contribution < 1.29 is 5.11 Å². The van der Waals surface area contributed by atoms with E-state index in [-0.39, 0.29) is 0 Å². The fourth-order valence-corrected chi connectivity index (χ4v) is 1.17. The SMILES string of the molecule is C[C@H](O)c1ccc(NC2CC2)nc1. The van der Waals surface area contributed by atoms with Crippen LogP contribution >= 0.6 is 0 Å². The fraction of sp³-hybridized carbons (Fsp3) is 0.500. The van der Waals surface area contributed by atoms with E-state index >= 15 is 0 Å². The molecule has 1 heterocycles. The number of anilines is 1. The molecule has 0 aromatic carbocycles. The highest BCUT2D eigenvalue weighted by Crippen LogP contribution is 2.23. The molecule has 0 unspecified atom stereocenters. The van der Waals surface area contributed by atoms with Crippen LogP contribution in [0.2, 0.25) is 0 Å². The number of hydrogen-bond acceptors (Lipinski definition) is 3. The first-order chi connectivity index (χ1) is 6.25. The van der Waals surface area contributed by atoms with Gasteiger partial charge in [-0.3, -0.25) is 0 Å². The minimum atomic E-state index is -0.428. The van der Waals surface area contributed by atoms with Gasteiger partial charge in [0.25, 0.3) is 0 Å². The fourth-order valence-electron chi connectivity index (χ4n) is 1.17. The van der Waals surface area contributed by atoms with Gasteiger partial charge in [0.1, 0.15) is 5.82 Å². The Morgan fingerprint density at radius 3 is 2.77 bits per heavy atom. The zero-order valence-corrected chi connectivity index (χ0v) is 7.70. The van der Waals surface area contributed by atoms with Crippen LogP contribution in [0.1, 0.15) is 31.4 Å². The molecule has 1 aliphatic rings. The van der Waals surface area contributed by atoms with Crippen molar-refractivity contribution in [2.75, 3.05) is 5.32 Å². The summed E-state index contributed by atoms with van der Waals surface area (Å²) in [6, 6.07) is 4.45. The molecule has 0 bridgehead atoms. The maximum Gasteiger partial charge on any atom is 0.126 e. The zero-order chi connectivity index (χ0) is 9.26. The molecule has 3 heteroatoms. The Morgan fingerprint density at radius 2 is 2.31 bits per heavy atom. The van der Waals surface area contributed by atoms with Crippen molar-refractivity contribution in [3.8, 4) is 0 Å². The number of hydrogen-bond donors (Lipinski definition) is 2. The lowest BCUT2D eigenvalue weighted by molar-refractivity contribution is 0.199. The second kappa shape index (κ2) is 3.34. The summed E-state index contributed by atoms with van der Waals surface area (Å²) >= 11 is 0. The lowest BCUT2D eigenvalue weighted by Crippen LogP contribution is -2.03. The number of rotatable bonds is 3. The summed E-state index contributed by atoms with van der Waals surface area (Å²) in [5.74, 6) is 0.909. The van der Waals surface area contributed by atoms with E-state index in [0.29, 0.717) is 6.04 Å². The average molecular weight is 178 g/mol. The molecule has 1 saturated carbocycles. The van der Waals surface area contributed by atoms with E-state index in [1.807, 2.05) is 12.1 Å². The molecule has 0 amide bonds. The molecule has 70 valence electrons. The number of aliphatic hydroxyl groups excluding tert-OH is 1. The van der Waals surface area contributed by atoms with Gasteiger partial charge in [0.15, 0.2) is 0 Å². The standard InChI is InChI=1S/C10H14N2O/c1-7(13)8-2-5-10(11-6-8)12-9-3-4-9/h2,5-7,9,13H,3-4H2,1H3,(H,11,12)/t7-/m0/s1. The molecule has 1 atom stereocenters. The van der Waals surface area contributed by atoms with Gasteiger partial charge < -0.3 is 10.4 Å². The number of aromatic nitrogens is 1. The van der Waals surface area contributed by atoms with Crippen molar-refractivity contribution in [2.24, 2.45) is 0 Å². The van der Waals surface area contributed by atoms with Crippen LogP contribution in [0.25, 0.3) is 0 Å². The minimum Gasteiger partial charge on any atom is -0.389 e. The van der Waals surface area contributed by atoms with Gasteiger partial charge in [-0.2, -0.15) is 0 Å². The molecule has 13 heavy (non-hydrogen) atoms. The summed E-state index contributed by atoms with van der Waals surface area (Å²) in [7, 11) is 0. The number of pyridine rings is 1. The number of nitrogens with zero attached hydrogens (tertiary/aromatic N) is 1. The third kappa shape index (κ3) is 2.18. The summed E-state index contributed by atoms with van der Waals surface area (Å²) < 4.78 is 0. The monoisotopic (exact) mass is 178 g/mol. The predicted octanol–water partition coefficient (Wildman–Crippen LogP) is 1.71. The van der Waals surface area contributed by atoms with Crippen LogP contribution in [0.3, 0.4) is 0 Å². The predicted molar refractivity (Wildman–Crippen MR) is 51.5 cm³/mol. The molecule has 1 aromatic rings. The third-order valence-corrected chi connectivity index (χ3v) is 2.20. The number of aliphatic hydroxyl groups is 1. The Morgan fingerprint density at radius 1 is 1.54 bits per heavy atom. The van der Waals surface area contributed by atoms with E-state index in [4.69, 9.17) is 0 Å². The van der Waals surface area contributed by atoms with Crippen LogP contribution in [-0.4, -0.2) is 16.1 Å². The molecule has 1 aliphatic carbocycles. The molecule has 2 rings (SSSR count). The molecule has 0 radical (unpaired) electrons. The summed E-state index contributed by atoms with van der Waals surface area (Å²) in [4.78, 5) is 4.21. The molecule has 1 fully saturated rings. The van der Waals surface area contributed by atoms with Gasteiger partial charge in [0, 0.05) is 12.2 Å². The quantitative estimate of drug-likeness (QED) is 0.740. The smallest absolute Gasteiger partial charge is 0.126 e. The second-order valence-electron chi connectivity index (χ2n) is 3.57. The second-order valence-corrected chi connectivity index (χ2v) is 3.57. The average Bonchev–Trinajstić information content (AvgIpc) is 2.89. The van der Waals surface area contributed by atoms with Crippen molar-refractivity contribution in [3.05, 3.63) is 23.9 Å². The molecule has 2 N–H and O–H groups in total. The lowest BCUT2D eigenvalue weighted by Gasteiger charge is -2.06. The Bertz CT molecular complexity index is 277. The van der Waals surface area contributed by atoms with E-state index < -0.39 is 6.10 Å². The lowest BCUT2D eigenvalue weighted by atomic mass is 10.2. The van der Waals surface area contributed by atoms with Gasteiger partial charge >= 0.3 is 0 Å². The molecule has 0 saturated heterocycles. The number of nitrogens with one attached hydrogen (secondary N) is 1. The topological polar surface area (TPSA) is 45.1 Å². The highest BCUT2D eigenvalue weighted by atomic mass is 16.3. The first kappa shape index (κ1) is 8.51. The minimum absolute atomic E-state index is 0.428. The molecular formula is C10H14N2O. The molecule has 1 aromatic heterocycles. The third-order valence-electron chi connectivity index (χ3n) is 2.20. The normalized spacial score (nSPS) is 18.3. The first-order valence-electron chi connectivity index (χ1n) is 4.66. The molecular weight excluding hydrogens is 164 g/mol. The van der Waals surface area contributed by atoms with Crippen LogP contribution in [0.15, 0.2) is 18.3 Å². The van der Waals surface area contributed by atoms with Crippen LogP contribution in [0, 0.1) is 0 Å². The first-order valence-corrected chi connectivity index (χ1v) is 4.66. The summed E-state index contributed by atoms with van der Waals surface area (Å²) in [6.07, 6.45) is 3.79. The molecule has 0 aliphatic heterocycles. The summed E-state index contributed by atoms with van der Waals surface area (Å²) in [5.41, 5.74) is 0.862. The van der Waals surface area contributed by atoms with Crippen LogP contribution < -0.4 is 5.32 Å². The van der Waals surface area contributed by atoms with Gasteiger partial charge in [0.2, 0.25) is 0 Å². The van der Waals surface area contributed by atoms with E-state index in [1.165, 1.54) is 12.8 Å². The molecule has 3 nitrogen and oxygen atoms in total. The van der Waals surface area contributed by atoms with E-state index in [9.17, 15) is 5.11 Å². The van der Waals surface area contributed by atoms with Crippen molar-refractivity contribution >= 4 is 5.82 Å². The Labute approximate surface area is 77.8 Å². The van der Waals surface area contributed by atoms with Crippen LogP contribution in [0.5, 0.6) is 0 Å². The van der Waals surface area contributed by atoms with Crippen molar-refractivity contribution in [1.29, 1.82) is 0 Å². The zero-order valence-electron chi connectivity index (χ0n) is 7.70. The van der Waals surface area contributed by atoms with Gasteiger partial charge in [0.05, 0.1) is 6.10 Å². The summed E-state index contributed by atoms with van der Waals surface area (Å²) in [6.45, 7) is 1.74. The van der Waals surface area contributed by atoms with Gasteiger partial charge in [-0.25, -0.2) is 4.98 Å². The summed E-state index contributed by atoms with van der Waals surface area (Å²) in [5, 5.41) is 12.5.